The number of ether oxygens (including phenoxy) is 1. The molecule has 0 aliphatic rings. The summed E-state index contributed by atoms with van der Waals surface area (Å²) in [5, 5.41) is 2.29. The van der Waals surface area contributed by atoms with Crippen molar-refractivity contribution >= 4 is 23.2 Å². The van der Waals surface area contributed by atoms with Crippen LogP contribution in [0.2, 0.25) is 5.15 Å². The number of anilines is 1. The molecule has 0 atom stereocenters. The largest absolute Gasteiger partial charge is 0.435 e. The van der Waals surface area contributed by atoms with E-state index in [0.717, 1.165) is 12.3 Å². The number of carbonyl (C=O) groups excluding carboxylic acids is 1. The van der Waals surface area contributed by atoms with Crippen LogP contribution >= 0.6 is 11.6 Å². The van der Waals surface area contributed by atoms with Gasteiger partial charge in [-0.2, -0.15) is 8.78 Å². The average Bonchev–Trinajstić information content (AvgIpc) is 2.43. The van der Waals surface area contributed by atoms with E-state index in [1.807, 2.05) is 0 Å². The highest BCUT2D eigenvalue weighted by Gasteiger charge is 2.13. The van der Waals surface area contributed by atoms with Crippen molar-refractivity contribution in [1.29, 1.82) is 0 Å². The third-order valence-electron chi connectivity index (χ3n) is 2.39. The Kier molecular flexibility index (Phi) is 4.64. The lowest BCUT2D eigenvalue weighted by Gasteiger charge is -2.08. The Morgan fingerprint density at radius 3 is 2.57 bits per heavy atom. The SMILES string of the molecule is O=C(Nc1ccc(OC(F)F)cc1)c1cc(F)cnc1Cl. The monoisotopic (exact) mass is 316 g/mol. The lowest BCUT2D eigenvalue weighted by molar-refractivity contribution is -0.0498. The normalized spacial score (nSPS) is 10.5. The molecule has 8 heteroatoms. The number of carbonyl (C=O) groups is 1. The molecular formula is C13H8ClF3N2O2. The molecule has 0 aliphatic heterocycles. The van der Waals surface area contributed by atoms with Gasteiger partial charge in [0.2, 0.25) is 0 Å². The molecule has 1 N–H and O–H groups in total. The Morgan fingerprint density at radius 2 is 1.95 bits per heavy atom. The molecule has 2 rings (SSSR count). The molecule has 0 fully saturated rings. The van der Waals surface area contributed by atoms with Gasteiger partial charge < -0.3 is 10.1 Å². The second-order valence-corrected chi connectivity index (χ2v) is 4.21. The smallest absolute Gasteiger partial charge is 0.387 e. The van der Waals surface area contributed by atoms with E-state index in [4.69, 9.17) is 11.6 Å². The first kappa shape index (κ1) is 15.1. The van der Waals surface area contributed by atoms with Crippen molar-refractivity contribution in [1.82, 2.24) is 4.98 Å². The average molecular weight is 317 g/mol. The molecule has 4 nitrogen and oxygen atoms in total. The fourth-order valence-electron chi connectivity index (χ4n) is 1.50. The van der Waals surface area contributed by atoms with Crippen LogP contribution in [0.15, 0.2) is 36.5 Å². The summed E-state index contributed by atoms with van der Waals surface area (Å²) in [5.41, 5.74) is 0.173. The van der Waals surface area contributed by atoms with Crippen LogP contribution in [0.5, 0.6) is 5.75 Å². The molecule has 1 heterocycles. The number of nitrogens with zero attached hydrogens (tertiary/aromatic N) is 1. The molecule has 0 aliphatic carbocycles. The minimum Gasteiger partial charge on any atom is -0.435 e. The lowest BCUT2D eigenvalue weighted by atomic mass is 10.2. The number of benzene rings is 1. The summed E-state index contributed by atoms with van der Waals surface area (Å²) >= 11 is 5.70. The first-order valence-electron chi connectivity index (χ1n) is 5.63. The molecule has 1 amide bonds. The molecule has 1 aromatic heterocycles. The predicted molar refractivity (Wildman–Crippen MR) is 70.2 cm³/mol. The summed E-state index contributed by atoms with van der Waals surface area (Å²) in [6, 6.07) is 6.17. The third-order valence-corrected chi connectivity index (χ3v) is 2.69. The molecule has 0 unspecified atom stereocenters. The Morgan fingerprint density at radius 1 is 1.29 bits per heavy atom. The summed E-state index contributed by atoms with van der Waals surface area (Å²) in [6.07, 6.45) is 0.885. The van der Waals surface area contributed by atoms with Gasteiger partial charge in [-0.05, 0) is 30.3 Å². The second-order valence-electron chi connectivity index (χ2n) is 3.85. The number of alkyl halides is 2. The van der Waals surface area contributed by atoms with E-state index in [0.29, 0.717) is 5.69 Å². The third kappa shape index (κ3) is 4.09. The Balaban J connectivity index is 2.10. The highest BCUT2D eigenvalue weighted by atomic mass is 35.5. The Labute approximate surface area is 122 Å². The summed E-state index contributed by atoms with van der Waals surface area (Å²) in [6.45, 7) is -2.93. The van der Waals surface area contributed by atoms with E-state index in [-0.39, 0.29) is 16.5 Å². The van der Waals surface area contributed by atoms with E-state index < -0.39 is 18.3 Å². The zero-order valence-corrected chi connectivity index (χ0v) is 11.1. The second kappa shape index (κ2) is 6.45. The summed E-state index contributed by atoms with van der Waals surface area (Å²) in [5.74, 6) is -1.42. The molecule has 2 aromatic rings. The maximum absolute atomic E-state index is 13.0. The number of aromatic nitrogens is 1. The van der Waals surface area contributed by atoms with Crippen LogP contribution in [-0.4, -0.2) is 17.5 Å². The molecule has 1 aromatic carbocycles. The van der Waals surface area contributed by atoms with E-state index >= 15 is 0 Å². The van der Waals surface area contributed by atoms with Gasteiger partial charge in [-0.25, -0.2) is 9.37 Å². The summed E-state index contributed by atoms with van der Waals surface area (Å²) < 4.78 is 41.2. The number of halogens is 4. The van der Waals surface area contributed by atoms with Gasteiger partial charge in [0.15, 0.2) is 0 Å². The van der Waals surface area contributed by atoms with Crippen LogP contribution in [-0.2, 0) is 0 Å². The van der Waals surface area contributed by atoms with E-state index in [1.165, 1.54) is 24.3 Å². The minimum absolute atomic E-state index is 0.0477. The minimum atomic E-state index is -2.93. The van der Waals surface area contributed by atoms with Crippen molar-refractivity contribution in [3.63, 3.8) is 0 Å². The predicted octanol–water partition coefficient (Wildman–Crippen LogP) is 3.73. The first-order chi connectivity index (χ1) is 9.95. The molecule has 110 valence electrons. The van der Waals surface area contributed by atoms with Crippen LogP contribution in [0.25, 0.3) is 0 Å². The van der Waals surface area contributed by atoms with Crippen molar-refractivity contribution in [3.05, 3.63) is 53.1 Å². The molecular weight excluding hydrogens is 309 g/mol. The maximum atomic E-state index is 13.0. The maximum Gasteiger partial charge on any atom is 0.387 e. The van der Waals surface area contributed by atoms with E-state index in [2.05, 4.69) is 15.0 Å². The van der Waals surface area contributed by atoms with Crippen LogP contribution in [0, 0.1) is 5.82 Å². The number of hydrogen-bond acceptors (Lipinski definition) is 3. The molecule has 0 spiro atoms. The molecule has 0 bridgehead atoms. The van der Waals surface area contributed by atoms with Gasteiger partial charge in [-0.15, -0.1) is 0 Å². The molecule has 0 radical (unpaired) electrons. The van der Waals surface area contributed by atoms with Crippen LogP contribution in [0.3, 0.4) is 0 Å². The van der Waals surface area contributed by atoms with Crippen molar-refractivity contribution in [2.24, 2.45) is 0 Å². The summed E-state index contributed by atoms with van der Waals surface area (Å²) in [7, 11) is 0. The lowest BCUT2D eigenvalue weighted by Crippen LogP contribution is -2.13. The van der Waals surface area contributed by atoms with Gasteiger partial charge in [-0.3, -0.25) is 4.79 Å². The highest BCUT2D eigenvalue weighted by molar-refractivity contribution is 6.33. The van der Waals surface area contributed by atoms with E-state index in [1.54, 1.807) is 0 Å². The number of amides is 1. The standard InChI is InChI=1S/C13H8ClF3N2O2/c14-11-10(5-7(15)6-18-11)12(20)19-8-1-3-9(4-2-8)21-13(16)17/h1-6,13H,(H,19,20). The van der Waals surface area contributed by atoms with Gasteiger partial charge in [0, 0.05) is 5.69 Å². The van der Waals surface area contributed by atoms with Crippen LogP contribution in [0.1, 0.15) is 10.4 Å². The Hall–Kier alpha value is -2.28. The van der Waals surface area contributed by atoms with Crippen LogP contribution in [0.4, 0.5) is 18.9 Å². The van der Waals surface area contributed by atoms with Crippen molar-refractivity contribution in [2.75, 3.05) is 5.32 Å². The Bertz CT molecular complexity index is 650. The fourth-order valence-corrected chi connectivity index (χ4v) is 1.69. The summed E-state index contributed by atoms with van der Waals surface area (Å²) in [4.78, 5) is 15.4. The van der Waals surface area contributed by atoms with Crippen molar-refractivity contribution in [3.8, 4) is 5.75 Å². The molecule has 0 saturated heterocycles. The highest BCUT2D eigenvalue weighted by Crippen LogP contribution is 2.20. The first-order valence-corrected chi connectivity index (χ1v) is 6.01. The zero-order valence-electron chi connectivity index (χ0n) is 10.3. The quantitative estimate of drug-likeness (QED) is 0.874. The number of pyridine rings is 1. The van der Waals surface area contributed by atoms with Crippen molar-refractivity contribution < 1.29 is 22.7 Å². The number of nitrogens with one attached hydrogen (secondary N) is 1. The van der Waals surface area contributed by atoms with Gasteiger partial charge in [0.05, 0.1) is 11.8 Å². The van der Waals surface area contributed by atoms with Crippen LogP contribution < -0.4 is 10.1 Å². The molecule has 21 heavy (non-hydrogen) atoms. The van der Waals surface area contributed by atoms with Gasteiger partial charge >= 0.3 is 6.61 Å². The number of rotatable bonds is 4. The van der Waals surface area contributed by atoms with Crippen molar-refractivity contribution in [2.45, 2.75) is 6.61 Å². The van der Waals surface area contributed by atoms with Gasteiger partial charge in [0.25, 0.3) is 5.91 Å². The van der Waals surface area contributed by atoms with Gasteiger partial charge in [-0.1, -0.05) is 11.6 Å². The van der Waals surface area contributed by atoms with Gasteiger partial charge in [0.1, 0.15) is 16.7 Å². The fraction of sp³-hybridized carbons (Fsp3) is 0.0769. The molecule has 0 saturated carbocycles. The number of hydrogen-bond donors (Lipinski definition) is 1. The van der Waals surface area contributed by atoms with E-state index in [9.17, 15) is 18.0 Å². The topological polar surface area (TPSA) is 51.2 Å². The zero-order chi connectivity index (χ0) is 15.4.